The van der Waals surface area contributed by atoms with Crippen LogP contribution in [0.1, 0.15) is 17.0 Å². The van der Waals surface area contributed by atoms with Crippen LogP contribution in [0.4, 0.5) is 0 Å². The Bertz CT molecular complexity index is 669. The van der Waals surface area contributed by atoms with Gasteiger partial charge in [-0.2, -0.15) is 0 Å². The zero-order chi connectivity index (χ0) is 15.4. The molecule has 0 atom stereocenters. The number of hydrogen-bond acceptors (Lipinski definition) is 6. The van der Waals surface area contributed by atoms with E-state index in [2.05, 4.69) is 15.4 Å². The van der Waals surface area contributed by atoms with Crippen molar-refractivity contribution in [1.29, 1.82) is 0 Å². The number of amidine groups is 1. The number of hydrogen-bond donors (Lipinski definition) is 2. The van der Waals surface area contributed by atoms with Crippen LogP contribution in [0.2, 0.25) is 0 Å². The molecule has 0 bridgehead atoms. The Labute approximate surface area is 126 Å². The van der Waals surface area contributed by atoms with Crippen molar-refractivity contribution in [2.24, 2.45) is 17.9 Å². The molecule has 3 N–H and O–H groups in total. The highest BCUT2D eigenvalue weighted by molar-refractivity contribution is 7.98. The smallest absolute Gasteiger partial charge is 0.191 e. The first-order valence-corrected chi connectivity index (χ1v) is 7.19. The van der Waals surface area contributed by atoms with E-state index in [-0.39, 0.29) is 5.84 Å². The molecule has 21 heavy (non-hydrogen) atoms. The SMILES string of the molecule is COc1cc(CSc2nnc(C)n2C)ccc1/C(N)=N/O. The van der Waals surface area contributed by atoms with E-state index in [1.807, 2.05) is 30.7 Å². The number of rotatable bonds is 5. The molecule has 2 rings (SSSR count). The number of methoxy groups -OCH3 is 1. The lowest BCUT2D eigenvalue weighted by Gasteiger charge is -2.09. The van der Waals surface area contributed by atoms with E-state index >= 15 is 0 Å². The molecule has 8 heteroatoms. The van der Waals surface area contributed by atoms with Gasteiger partial charge in [0.1, 0.15) is 11.6 Å². The summed E-state index contributed by atoms with van der Waals surface area (Å²) in [6, 6.07) is 5.54. The summed E-state index contributed by atoms with van der Waals surface area (Å²) >= 11 is 1.58. The lowest BCUT2D eigenvalue weighted by molar-refractivity contribution is 0.318. The van der Waals surface area contributed by atoms with Gasteiger partial charge < -0.3 is 20.2 Å². The predicted octanol–water partition coefficient (Wildman–Crippen LogP) is 1.52. The summed E-state index contributed by atoms with van der Waals surface area (Å²) in [4.78, 5) is 0. The fourth-order valence-electron chi connectivity index (χ4n) is 1.75. The van der Waals surface area contributed by atoms with E-state index in [1.54, 1.807) is 24.9 Å². The lowest BCUT2D eigenvalue weighted by Crippen LogP contribution is -2.14. The quantitative estimate of drug-likeness (QED) is 0.286. The highest BCUT2D eigenvalue weighted by Crippen LogP contribution is 2.25. The lowest BCUT2D eigenvalue weighted by atomic mass is 10.1. The molecule has 0 spiro atoms. The minimum Gasteiger partial charge on any atom is -0.496 e. The summed E-state index contributed by atoms with van der Waals surface area (Å²) < 4.78 is 7.21. The Balaban J connectivity index is 2.16. The van der Waals surface area contributed by atoms with Crippen LogP contribution in [0.15, 0.2) is 28.5 Å². The summed E-state index contributed by atoms with van der Waals surface area (Å²) in [5, 5.41) is 20.7. The van der Waals surface area contributed by atoms with E-state index in [4.69, 9.17) is 15.7 Å². The second kappa shape index (κ2) is 6.49. The molecule has 0 radical (unpaired) electrons. The van der Waals surface area contributed by atoms with E-state index in [0.717, 1.165) is 22.3 Å². The summed E-state index contributed by atoms with van der Waals surface area (Å²) in [5.41, 5.74) is 7.21. The van der Waals surface area contributed by atoms with Gasteiger partial charge >= 0.3 is 0 Å². The molecule has 0 aliphatic rings. The van der Waals surface area contributed by atoms with Gasteiger partial charge in [-0.1, -0.05) is 23.0 Å². The number of thioether (sulfide) groups is 1. The topological polar surface area (TPSA) is 98.6 Å². The second-order valence-electron chi connectivity index (χ2n) is 4.40. The fraction of sp³-hybridized carbons (Fsp3) is 0.308. The van der Waals surface area contributed by atoms with Gasteiger partial charge in [-0.15, -0.1) is 10.2 Å². The van der Waals surface area contributed by atoms with Gasteiger partial charge in [0.2, 0.25) is 0 Å². The molecule has 1 aromatic heterocycles. The number of nitrogens with two attached hydrogens (primary N) is 1. The summed E-state index contributed by atoms with van der Waals surface area (Å²) in [6.45, 7) is 1.91. The van der Waals surface area contributed by atoms with Crippen LogP contribution >= 0.6 is 11.8 Å². The number of nitrogens with zero attached hydrogens (tertiary/aromatic N) is 4. The average Bonchev–Trinajstić information content (AvgIpc) is 2.83. The van der Waals surface area contributed by atoms with E-state index in [9.17, 15) is 0 Å². The molecule has 1 aromatic carbocycles. The second-order valence-corrected chi connectivity index (χ2v) is 5.34. The predicted molar refractivity (Wildman–Crippen MR) is 80.8 cm³/mol. The number of benzene rings is 1. The third kappa shape index (κ3) is 3.27. The van der Waals surface area contributed by atoms with E-state index in [1.165, 1.54) is 0 Å². The Kier molecular flexibility index (Phi) is 4.69. The largest absolute Gasteiger partial charge is 0.496 e. The fourth-order valence-corrected chi connectivity index (χ4v) is 2.65. The van der Waals surface area contributed by atoms with E-state index in [0.29, 0.717) is 11.3 Å². The average molecular weight is 307 g/mol. The normalized spacial score (nSPS) is 11.7. The monoisotopic (exact) mass is 307 g/mol. The van der Waals surface area contributed by atoms with Crippen molar-refractivity contribution in [3.63, 3.8) is 0 Å². The molecule has 0 amide bonds. The maximum absolute atomic E-state index is 8.75. The maximum atomic E-state index is 8.75. The van der Waals surface area contributed by atoms with Crippen LogP contribution in [-0.4, -0.2) is 32.9 Å². The van der Waals surface area contributed by atoms with Crippen LogP contribution in [0.5, 0.6) is 5.75 Å². The first-order valence-electron chi connectivity index (χ1n) is 6.20. The standard InChI is InChI=1S/C13H17N5O2S/c1-8-15-16-13(18(8)2)21-7-9-4-5-10(12(14)17-19)11(6-9)20-3/h4-6,19H,7H2,1-3H3,(H2,14,17). The summed E-state index contributed by atoms with van der Waals surface area (Å²) in [7, 11) is 3.48. The van der Waals surface area contributed by atoms with Crippen LogP contribution in [0.25, 0.3) is 0 Å². The van der Waals surface area contributed by atoms with Crippen molar-refractivity contribution in [2.45, 2.75) is 17.8 Å². The minimum atomic E-state index is 0.0231. The summed E-state index contributed by atoms with van der Waals surface area (Å²) in [5.74, 6) is 2.18. The van der Waals surface area contributed by atoms with Crippen LogP contribution < -0.4 is 10.5 Å². The Hall–Kier alpha value is -2.22. The molecule has 1 heterocycles. The van der Waals surface area contributed by atoms with E-state index < -0.39 is 0 Å². The molecule has 2 aromatic rings. The van der Waals surface area contributed by atoms with Crippen LogP contribution in [0.3, 0.4) is 0 Å². The molecule has 0 fully saturated rings. The Morgan fingerprint density at radius 3 is 2.81 bits per heavy atom. The number of aromatic nitrogens is 3. The van der Waals surface area contributed by atoms with Gasteiger partial charge in [-0.25, -0.2) is 0 Å². The van der Waals surface area contributed by atoms with Crippen molar-refractivity contribution in [3.8, 4) is 5.75 Å². The van der Waals surface area contributed by atoms with Gasteiger partial charge in [-0.3, -0.25) is 0 Å². The van der Waals surface area contributed by atoms with Gasteiger partial charge in [0.25, 0.3) is 0 Å². The molecule has 0 unspecified atom stereocenters. The van der Waals surface area contributed by atoms with Gasteiger partial charge in [0.05, 0.1) is 12.7 Å². The third-order valence-electron chi connectivity index (χ3n) is 3.07. The molecule has 112 valence electrons. The van der Waals surface area contributed by atoms with Crippen molar-refractivity contribution < 1.29 is 9.94 Å². The maximum Gasteiger partial charge on any atom is 0.191 e. The van der Waals surface area contributed by atoms with Gasteiger partial charge in [0, 0.05) is 12.8 Å². The zero-order valence-electron chi connectivity index (χ0n) is 12.1. The van der Waals surface area contributed by atoms with Crippen molar-refractivity contribution >= 4 is 17.6 Å². The first-order chi connectivity index (χ1) is 10.1. The molecule has 0 saturated carbocycles. The highest BCUT2D eigenvalue weighted by Gasteiger charge is 2.10. The minimum absolute atomic E-state index is 0.0231. The molecular weight excluding hydrogens is 290 g/mol. The van der Waals surface area contributed by atoms with Crippen LogP contribution in [-0.2, 0) is 12.8 Å². The third-order valence-corrected chi connectivity index (χ3v) is 4.16. The van der Waals surface area contributed by atoms with Crippen molar-refractivity contribution in [2.75, 3.05) is 7.11 Å². The number of ether oxygens (including phenoxy) is 1. The van der Waals surface area contributed by atoms with Gasteiger partial charge in [0.15, 0.2) is 11.0 Å². The molecule has 0 aliphatic carbocycles. The summed E-state index contributed by atoms with van der Waals surface area (Å²) in [6.07, 6.45) is 0. The number of aryl methyl sites for hydroxylation is 1. The van der Waals surface area contributed by atoms with Crippen molar-refractivity contribution in [3.05, 3.63) is 35.2 Å². The van der Waals surface area contributed by atoms with Crippen molar-refractivity contribution in [1.82, 2.24) is 14.8 Å². The van der Waals surface area contributed by atoms with Crippen LogP contribution in [0, 0.1) is 6.92 Å². The molecule has 0 saturated heterocycles. The molecule has 7 nitrogen and oxygen atoms in total. The van der Waals surface area contributed by atoms with Gasteiger partial charge in [-0.05, 0) is 24.6 Å². The number of oxime groups is 1. The first kappa shape index (κ1) is 15.2. The molecule has 0 aliphatic heterocycles. The molecular formula is C13H17N5O2S. The highest BCUT2D eigenvalue weighted by atomic mass is 32.2. The Morgan fingerprint density at radius 1 is 1.48 bits per heavy atom. The Morgan fingerprint density at radius 2 is 2.24 bits per heavy atom. The zero-order valence-corrected chi connectivity index (χ0v) is 12.9.